The molecule has 0 aliphatic carbocycles. The van der Waals surface area contributed by atoms with E-state index in [9.17, 15) is 0 Å². The summed E-state index contributed by atoms with van der Waals surface area (Å²) in [6, 6.07) is 13.0. The van der Waals surface area contributed by atoms with Crippen molar-refractivity contribution in [2.45, 2.75) is 33.0 Å². The number of aryl methyl sites for hydroxylation is 1. The van der Waals surface area contributed by atoms with Gasteiger partial charge in [0.25, 0.3) is 0 Å². The zero-order valence-electron chi connectivity index (χ0n) is 13.4. The first-order valence-electron chi connectivity index (χ1n) is 7.68. The Balaban J connectivity index is 1.79. The van der Waals surface area contributed by atoms with Crippen molar-refractivity contribution in [1.29, 1.82) is 0 Å². The lowest BCUT2D eigenvalue weighted by Crippen LogP contribution is -2.30. The molecule has 0 bridgehead atoms. The molecule has 1 aromatic carbocycles. The van der Waals surface area contributed by atoms with Crippen molar-refractivity contribution in [2.75, 3.05) is 0 Å². The van der Waals surface area contributed by atoms with Crippen LogP contribution in [0.3, 0.4) is 0 Å². The van der Waals surface area contributed by atoms with Gasteiger partial charge in [-0.15, -0.1) is 0 Å². The van der Waals surface area contributed by atoms with Crippen LogP contribution in [0.1, 0.15) is 25.1 Å². The third-order valence-electron chi connectivity index (χ3n) is 3.90. The number of hydrogen-bond acceptors (Lipinski definition) is 3. The van der Waals surface area contributed by atoms with Crippen LogP contribution in [0, 0.1) is 0 Å². The van der Waals surface area contributed by atoms with Crippen molar-refractivity contribution >= 4 is 10.9 Å². The van der Waals surface area contributed by atoms with Crippen LogP contribution >= 0.6 is 0 Å². The Kier molecular flexibility index (Phi) is 4.20. The summed E-state index contributed by atoms with van der Waals surface area (Å²) in [4.78, 5) is 7.19. The third kappa shape index (κ3) is 3.34. The molecule has 114 valence electrons. The fraction of sp³-hybridized carbons (Fsp3) is 0.333. The van der Waals surface area contributed by atoms with Gasteiger partial charge < -0.3 is 0 Å². The second kappa shape index (κ2) is 6.28. The maximum Gasteiger partial charge on any atom is 0.0705 e. The van der Waals surface area contributed by atoms with Crippen molar-refractivity contribution in [3.8, 4) is 0 Å². The van der Waals surface area contributed by atoms with Gasteiger partial charge in [0.05, 0.1) is 17.4 Å². The van der Waals surface area contributed by atoms with Crippen molar-refractivity contribution in [2.24, 2.45) is 7.05 Å². The largest absolute Gasteiger partial charge is 0.291 e. The van der Waals surface area contributed by atoms with Gasteiger partial charge in [-0.25, -0.2) is 0 Å². The first kappa shape index (κ1) is 14.7. The molecule has 0 amide bonds. The number of para-hydroxylation sites is 1. The summed E-state index contributed by atoms with van der Waals surface area (Å²) in [6.45, 7) is 6.17. The maximum absolute atomic E-state index is 4.78. The van der Waals surface area contributed by atoms with Crippen LogP contribution in [-0.2, 0) is 20.1 Å². The van der Waals surface area contributed by atoms with Crippen LogP contribution in [0.15, 0.2) is 48.8 Å². The summed E-state index contributed by atoms with van der Waals surface area (Å²) in [5, 5.41) is 5.44. The van der Waals surface area contributed by atoms with Gasteiger partial charge >= 0.3 is 0 Å². The highest BCUT2D eigenvalue weighted by Gasteiger charge is 2.13. The van der Waals surface area contributed by atoms with Crippen LogP contribution in [-0.4, -0.2) is 25.7 Å². The first-order chi connectivity index (χ1) is 10.6. The number of rotatable bonds is 5. The lowest BCUT2D eigenvalue weighted by atomic mass is 10.2. The van der Waals surface area contributed by atoms with Gasteiger partial charge in [-0.05, 0) is 26.0 Å². The van der Waals surface area contributed by atoms with Crippen LogP contribution in [0.2, 0.25) is 0 Å². The summed E-state index contributed by atoms with van der Waals surface area (Å²) in [6.07, 6.45) is 4.01. The highest BCUT2D eigenvalue weighted by molar-refractivity contribution is 5.78. The van der Waals surface area contributed by atoms with Gasteiger partial charge in [0.15, 0.2) is 0 Å². The summed E-state index contributed by atoms with van der Waals surface area (Å²) in [7, 11) is 1.95. The van der Waals surface area contributed by atoms with Crippen LogP contribution in [0.25, 0.3) is 10.9 Å². The molecule has 0 radical (unpaired) electrons. The van der Waals surface area contributed by atoms with Crippen LogP contribution in [0.4, 0.5) is 0 Å². The smallest absolute Gasteiger partial charge is 0.0705 e. The Morgan fingerprint density at radius 2 is 1.91 bits per heavy atom. The quantitative estimate of drug-likeness (QED) is 0.723. The van der Waals surface area contributed by atoms with Crippen LogP contribution < -0.4 is 0 Å². The molecular formula is C18H22N4. The molecule has 0 aliphatic rings. The van der Waals surface area contributed by atoms with E-state index in [0.717, 1.165) is 24.3 Å². The predicted molar refractivity (Wildman–Crippen MR) is 89.3 cm³/mol. The number of fused-ring (bicyclic) bond motifs is 1. The lowest BCUT2D eigenvalue weighted by molar-refractivity contribution is 0.201. The van der Waals surface area contributed by atoms with Gasteiger partial charge in [-0.3, -0.25) is 14.6 Å². The molecule has 0 aliphatic heterocycles. The minimum atomic E-state index is 0.452. The predicted octanol–water partition coefficient (Wildman–Crippen LogP) is 3.38. The zero-order chi connectivity index (χ0) is 15.5. The van der Waals surface area contributed by atoms with Gasteiger partial charge in [0.1, 0.15) is 0 Å². The molecule has 0 unspecified atom stereocenters. The third-order valence-corrected chi connectivity index (χ3v) is 3.90. The van der Waals surface area contributed by atoms with Crippen molar-refractivity contribution in [1.82, 2.24) is 19.7 Å². The van der Waals surface area contributed by atoms with E-state index in [0.29, 0.717) is 6.04 Å². The van der Waals surface area contributed by atoms with Crippen molar-refractivity contribution in [3.63, 3.8) is 0 Å². The molecule has 2 heterocycles. The number of aromatic nitrogens is 3. The number of benzene rings is 1. The number of hydrogen-bond donors (Lipinski definition) is 0. The molecule has 0 atom stereocenters. The summed E-state index contributed by atoms with van der Waals surface area (Å²) in [5.41, 5.74) is 3.40. The standard InChI is InChI=1S/C18H22N4/c1-14(2)22(12-15-10-19-21(3)11-15)13-17-9-8-16-6-4-5-7-18(16)20-17/h4-11,14H,12-13H2,1-3H3. The molecule has 22 heavy (non-hydrogen) atoms. The summed E-state index contributed by atoms with van der Waals surface area (Å²) >= 11 is 0. The van der Waals surface area contributed by atoms with Gasteiger partial charge in [-0.2, -0.15) is 5.10 Å². The molecule has 0 saturated carbocycles. The molecule has 4 heteroatoms. The van der Waals surface area contributed by atoms with E-state index < -0.39 is 0 Å². The Bertz CT molecular complexity index is 760. The molecular weight excluding hydrogens is 272 g/mol. The minimum absolute atomic E-state index is 0.452. The van der Waals surface area contributed by atoms with E-state index in [-0.39, 0.29) is 0 Å². The van der Waals surface area contributed by atoms with E-state index in [4.69, 9.17) is 4.98 Å². The van der Waals surface area contributed by atoms with Crippen molar-refractivity contribution in [3.05, 3.63) is 60.0 Å². The summed E-state index contributed by atoms with van der Waals surface area (Å²) in [5.74, 6) is 0. The van der Waals surface area contributed by atoms with E-state index in [1.807, 2.05) is 30.1 Å². The Morgan fingerprint density at radius 3 is 2.64 bits per heavy atom. The van der Waals surface area contributed by atoms with Crippen molar-refractivity contribution < 1.29 is 0 Å². The highest BCUT2D eigenvalue weighted by Crippen LogP contribution is 2.15. The molecule has 3 aromatic rings. The normalized spacial score (nSPS) is 11.7. The second-order valence-electron chi connectivity index (χ2n) is 6.02. The van der Waals surface area contributed by atoms with Gasteiger partial charge in [0, 0.05) is 43.3 Å². The molecule has 2 aromatic heterocycles. The first-order valence-corrected chi connectivity index (χ1v) is 7.68. The molecule has 4 nitrogen and oxygen atoms in total. The molecule has 3 rings (SSSR count). The number of pyridine rings is 1. The second-order valence-corrected chi connectivity index (χ2v) is 6.02. The van der Waals surface area contributed by atoms with E-state index >= 15 is 0 Å². The monoisotopic (exact) mass is 294 g/mol. The van der Waals surface area contributed by atoms with Gasteiger partial charge in [0.2, 0.25) is 0 Å². The average molecular weight is 294 g/mol. The number of nitrogens with zero attached hydrogens (tertiary/aromatic N) is 4. The zero-order valence-corrected chi connectivity index (χ0v) is 13.4. The van der Waals surface area contributed by atoms with E-state index in [1.165, 1.54) is 10.9 Å². The maximum atomic E-state index is 4.78. The van der Waals surface area contributed by atoms with E-state index in [2.05, 4.69) is 54.3 Å². The summed E-state index contributed by atoms with van der Waals surface area (Å²) < 4.78 is 1.85. The van der Waals surface area contributed by atoms with Gasteiger partial charge in [-0.1, -0.05) is 24.3 Å². The molecule has 0 fully saturated rings. The fourth-order valence-corrected chi connectivity index (χ4v) is 2.61. The van der Waals surface area contributed by atoms with E-state index in [1.54, 1.807) is 0 Å². The fourth-order valence-electron chi connectivity index (χ4n) is 2.61. The van der Waals surface area contributed by atoms with Crippen LogP contribution in [0.5, 0.6) is 0 Å². The molecule has 0 saturated heterocycles. The lowest BCUT2D eigenvalue weighted by Gasteiger charge is -2.25. The minimum Gasteiger partial charge on any atom is -0.291 e. The molecule has 0 N–H and O–H groups in total. The Labute approximate surface area is 131 Å². The Hall–Kier alpha value is -2.20. The topological polar surface area (TPSA) is 34.0 Å². The Morgan fingerprint density at radius 1 is 1.09 bits per heavy atom. The SMILES string of the molecule is CC(C)N(Cc1cnn(C)c1)Cc1ccc2ccccc2n1. The highest BCUT2D eigenvalue weighted by atomic mass is 15.2. The average Bonchev–Trinajstić information content (AvgIpc) is 2.91. The molecule has 0 spiro atoms.